The Balaban J connectivity index is 1.56. The van der Waals surface area contributed by atoms with Gasteiger partial charge in [0.2, 0.25) is 5.91 Å². The molecule has 4 rings (SSSR count). The second-order valence-electron chi connectivity index (χ2n) is 8.54. The summed E-state index contributed by atoms with van der Waals surface area (Å²) in [6, 6.07) is 12.1. The molecule has 6 heteroatoms. The Morgan fingerprint density at radius 3 is 2.37 bits per heavy atom. The quantitative estimate of drug-likeness (QED) is 0.765. The third-order valence-electron chi connectivity index (χ3n) is 6.21. The van der Waals surface area contributed by atoms with Crippen molar-refractivity contribution >= 4 is 11.8 Å². The molecule has 0 spiro atoms. The van der Waals surface area contributed by atoms with Gasteiger partial charge in [-0.05, 0) is 41.7 Å². The molecule has 1 aliphatic carbocycles. The summed E-state index contributed by atoms with van der Waals surface area (Å²) in [4.78, 5) is 33.5. The van der Waals surface area contributed by atoms with Crippen molar-refractivity contribution in [1.29, 1.82) is 0 Å². The zero-order valence-electron chi connectivity index (χ0n) is 17.7. The summed E-state index contributed by atoms with van der Waals surface area (Å²) >= 11 is 0. The van der Waals surface area contributed by atoms with Crippen LogP contribution >= 0.6 is 0 Å². The van der Waals surface area contributed by atoms with Crippen molar-refractivity contribution in [2.45, 2.75) is 31.3 Å². The highest BCUT2D eigenvalue weighted by molar-refractivity contribution is 5.87. The van der Waals surface area contributed by atoms with E-state index in [1.807, 2.05) is 29.2 Å². The smallest absolute Gasteiger partial charge is 0.256 e. The van der Waals surface area contributed by atoms with Gasteiger partial charge in [-0.25, -0.2) is 0 Å². The number of amides is 2. The van der Waals surface area contributed by atoms with E-state index in [2.05, 4.69) is 17.1 Å². The maximum Gasteiger partial charge on any atom is 0.256 e. The lowest BCUT2D eigenvalue weighted by atomic mass is 9.83. The molecule has 1 saturated carbocycles. The Morgan fingerprint density at radius 1 is 1.10 bits per heavy atom. The van der Waals surface area contributed by atoms with E-state index in [4.69, 9.17) is 4.74 Å². The molecule has 2 amide bonds. The van der Waals surface area contributed by atoms with E-state index in [1.165, 1.54) is 0 Å². The molecular formula is C24H29N3O3. The van der Waals surface area contributed by atoms with Crippen LogP contribution in [0.25, 0.3) is 11.1 Å². The molecule has 158 valence electrons. The third kappa shape index (κ3) is 4.10. The van der Waals surface area contributed by atoms with E-state index in [9.17, 15) is 9.59 Å². The van der Waals surface area contributed by atoms with Crippen LogP contribution in [-0.2, 0) is 20.7 Å². The Bertz CT molecular complexity index is 894. The topological polar surface area (TPSA) is 62.7 Å². The molecule has 6 nitrogen and oxygen atoms in total. The maximum absolute atomic E-state index is 13.2. The molecule has 2 aliphatic rings. The SMILES string of the molecule is CN(C)C(=O)[C@@]1(Cc2ccc(-c3ccncc3)cc2)CN(C(=O)C2CCC2)CCO1. The third-order valence-corrected chi connectivity index (χ3v) is 6.21. The van der Waals surface area contributed by atoms with Gasteiger partial charge in [-0.3, -0.25) is 14.6 Å². The summed E-state index contributed by atoms with van der Waals surface area (Å²) in [5, 5.41) is 0. The molecule has 0 radical (unpaired) electrons. The van der Waals surface area contributed by atoms with Gasteiger partial charge in [0.15, 0.2) is 5.60 Å². The number of pyridine rings is 1. The number of carbonyl (C=O) groups is 2. The van der Waals surface area contributed by atoms with E-state index < -0.39 is 5.60 Å². The first-order chi connectivity index (χ1) is 14.5. The summed E-state index contributed by atoms with van der Waals surface area (Å²) in [5.74, 6) is 0.204. The molecular weight excluding hydrogens is 378 g/mol. The largest absolute Gasteiger partial charge is 0.361 e. The van der Waals surface area contributed by atoms with Crippen LogP contribution in [0.15, 0.2) is 48.8 Å². The fourth-order valence-electron chi connectivity index (χ4n) is 4.29. The van der Waals surface area contributed by atoms with Crippen LogP contribution in [0, 0.1) is 5.92 Å². The molecule has 1 saturated heterocycles. The van der Waals surface area contributed by atoms with Crippen LogP contribution in [0.3, 0.4) is 0 Å². The van der Waals surface area contributed by atoms with E-state index in [-0.39, 0.29) is 17.7 Å². The van der Waals surface area contributed by atoms with Crippen LogP contribution in [0.2, 0.25) is 0 Å². The summed E-state index contributed by atoms with van der Waals surface area (Å²) < 4.78 is 6.13. The molecule has 1 atom stereocenters. The Labute approximate surface area is 177 Å². The van der Waals surface area contributed by atoms with Crippen molar-refractivity contribution in [3.63, 3.8) is 0 Å². The van der Waals surface area contributed by atoms with E-state index in [0.717, 1.165) is 36.0 Å². The average molecular weight is 408 g/mol. The Morgan fingerprint density at radius 2 is 1.77 bits per heavy atom. The van der Waals surface area contributed by atoms with Crippen molar-refractivity contribution in [2.75, 3.05) is 33.8 Å². The molecule has 1 aliphatic heterocycles. The molecule has 2 heterocycles. The van der Waals surface area contributed by atoms with E-state index in [1.54, 1.807) is 31.4 Å². The van der Waals surface area contributed by atoms with Crippen molar-refractivity contribution in [3.8, 4) is 11.1 Å². The van der Waals surface area contributed by atoms with E-state index in [0.29, 0.717) is 26.1 Å². The van der Waals surface area contributed by atoms with Crippen molar-refractivity contribution in [3.05, 3.63) is 54.4 Å². The second-order valence-corrected chi connectivity index (χ2v) is 8.54. The summed E-state index contributed by atoms with van der Waals surface area (Å²) in [6.07, 6.45) is 7.03. The first-order valence-electron chi connectivity index (χ1n) is 10.6. The molecule has 1 aromatic carbocycles. The number of hydrogen-bond acceptors (Lipinski definition) is 4. The molecule has 0 bridgehead atoms. The van der Waals surface area contributed by atoms with Gasteiger partial charge in [-0.2, -0.15) is 0 Å². The van der Waals surface area contributed by atoms with Crippen LogP contribution < -0.4 is 0 Å². The molecule has 2 aromatic rings. The summed E-state index contributed by atoms with van der Waals surface area (Å²) in [7, 11) is 3.49. The first kappa shape index (κ1) is 20.5. The van der Waals surface area contributed by atoms with Crippen molar-refractivity contribution in [1.82, 2.24) is 14.8 Å². The molecule has 2 fully saturated rings. The highest BCUT2D eigenvalue weighted by Crippen LogP contribution is 2.32. The standard InChI is InChI=1S/C24H29N3O3/c1-26(2)23(29)24(17-27(14-15-30-24)22(28)21-4-3-5-21)16-18-6-8-19(9-7-18)20-10-12-25-13-11-20/h6-13,21H,3-5,14-17H2,1-2H3/t24-/m1/s1. The number of nitrogens with zero attached hydrogens (tertiary/aromatic N) is 3. The highest BCUT2D eigenvalue weighted by Gasteiger charge is 2.47. The predicted octanol–water partition coefficient (Wildman–Crippen LogP) is 2.78. The van der Waals surface area contributed by atoms with Gasteiger partial charge in [-0.15, -0.1) is 0 Å². The Hall–Kier alpha value is -2.73. The van der Waals surface area contributed by atoms with Crippen LogP contribution in [0.1, 0.15) is 24.8 Å². The number of benzene rings is 1. The summed E-state index contributed by atoms with van der Waals surface area (Å²) in [6.45, 7) is 1.25. The van der Waals surface area contributed by atoms with Crippen LogP contribution in [-0.4, -0.2) is 66.0 Å². The minimum atomic E-state index is -1.04. The highest BCUT2D eigenvalue weighted by atomic mass is 16.5. The fourth-order valence-corrected chi connectivity index (χ4v) is 4.29. The number of hydrogen-bond donors (Lipinski definition) is 0. The number of rotatable bonds is 5. The van der Waals surface area contributed by atoms with Crippen molar-refractivity contribution in [2.24, 2.45) is 5.92 Å². The fraction of sp³-hybridized carbons (Fsp3) is 0.458. The first-order valence-corrected chi connectivity index (χ1v) is 10.6. The number of ether oxygens (including phenoxy) is 1. The van der Waals surface area contributed by atoms with Gasteiger partial charge in [0, 0.05) is 45.4 Å². The van der Waals surface area contributed by atoms with Gasteiger partial charge < -0.3 is 14.5 Å². The number of carbonyl (C=O) groups excluding carboxylic acids is 2. The molecule has 1 aromatic heterocycles. The minimum absolute atomic E-state index is 0.0909. The summed E-state index contributed by atoms with van der Waals surface area (Å²) in [5.41, 5.74) is 2.17. The lowest BCUT2D eigenvalue weighted by molar-refractivity contribution is -0.174. The Kier molecular flexibility index (Phi) is 5.86. The lowest BCUT2D eigenvalue weighted by Crippen LogP contribution is -2.62. The zero-order chi connectivity index (χ0) is 21.1. The molecule has 30 heavy (non-hydrogen) atoms. The molecule has 0 unspecified atom stereocenters. The van der Waals surface area contributed by atoms with Gasteiger partial charge in [0.25, 0.3) is 5.91 Å². The lowest BCUT2D eigenvalue weighted by Gasteiger charge is -2.44. The minimum Gasteiger partial charge on any atom is -0.361 e. The predicted molar refractivity (Wildman–Crippen MR) is 115 cm³/mol. The van der Waals surface area contributed by atoms with Crippen LogP contribution in [0.4, 0.5) is 0 Å². The van der Waals surface area contributed by atoms with Gasteiger partial charge in [0.1, 0.15) is 0 Å². The number of likely N-dealkylation sites (N-methyl/N-ethyl adjacent to an activating group) is 1. The zero-order valence-corrected chi connectivity index (χ0v) is 17.7. The average Bonchev–Trinajstić information content (AvgIpc) is 2.73. The van der Waals surface area contributed by atoms with Crippen LogP contribution in [0.5, 0.6) is 0 Å². The van der Waals surface area contributed by atoms with Gasteiger partial charge in [-0.1, -0.05) is 30.7 Å². The van der Waals surface area contributed by atoms with Gasteiger partial charge >= 0.3 is 0 Å². The van der Waals surface area contributed by atoms with Crippen molar-refractivity contribution < 1.29 is 14.3 Å². The number of aromatic nitrogens is 1. The monoisotopic (exact) mass is 407 g/mol. The molecule has 0 N–H and O–H groups in total. The van der Waals surface area contributed by atoms with Gasteiger partial charge in [0.05, 0.1) is 13.2 Å². The maximum atomic E-state index is 13.2. The van der Waals surface area contributed by atoms with E-state index >= 15 is 0 Å². The normalized spacial score (nSPS) is 21.7. The number of morpholine rings is 1. The second kappa shape index (κ2) is 8.56.